The quantitative estimate of drug-likeness (QED) is 0.744. The number of hydrogen-bond acceptors (Lipinski definition) is 2. The maximum atomic E-state index is 3.73. The normalized spacial score (nSPS) is 43.8. The van der Waals surface area contributed by atoms with Crippen LogP contribution in [-0.4, -0.2) is 24.1 Å². The first-order chi connectivity index (χ1) is 6.42. The van der Waals surface area contributed by atoms with Gasteiger partial charge in [0.1, 0.15) is 0 Å². The van der Waals surface area contributed by atoms with Crippen molar-refractivity contribution in [1.29, 1.82) is 0 Å². The second kappa shape index (κ2) is 3.47. The van der Waals surface area contributed by atoms with Crippen molar-refractivity contribution >= 4 is 11.8 Å². The van der Waals surface area contributed by atoms with E-state index in [2.05, 4.69) is 17.1 Å². The fraction of sp³-hybridized carbons (Fsp3) is 1.00. The van der Waals surface area contributed by atoms with Crippen molar-refractivity contribution in [2.24, 2.45) is 17.8 Å². The SMILES string of the molecule is C1CC2CC1CC2CNC1CSC1. The van der Waals surface area contributed by atoms with Crippen molar-refractivity contribution in [2.45, 2.75) is 31.7 Å². The first-order valence-electron chi connectivity index (χ1n) is 5.73. The summed E-state index contributed by atoms with van der Waals surface area (Å²) in [5.41, 5.74) is 0. The summed E-state index contributed by atoms with van der Waals surface area (Å²) in [5.74, 6) is 5.99. The molecule has 3 unspecified atom stereocenters. The summed E-state index contributed by atoms with van der Waals surface area (Å²) in [4.78, 5) is 0. The van der Waals surface area contributed by atoms with Crippen molar-refractivity contribution in [1.82, 2.24) is 5.32 Å². The topological polar surface area (TPSA) is 12.0 Å². The fourth-order valence-electron chi connectivity index (χ4n) is 3.30. The molecule has 0 aromatic carbocycles. The van der Waals surface area contributed by atoms with Gasteiger partial charge in [0.05, 0.1) is 0 Å². The van der Waals surface area contributed by atoms with Gasteiger partial charge in [0.2, 0.25) is 0 Å². The highest BCUT2D eigenvalue weighted by Gasteiger charge is 2.39. The van der Waals surface area contributed by atoms with Crippen LogP contribution in [0.5, 0.6) is 0 Å². The zero-order valence-electron chi connectivity index (χ0n) is 8.17. The van der Waals surface area contributed by atoms with E-state index in [1.807, 2.05) is 0 Å². The molecule has 1 heterocycles. The summed E-state index contributed by atoms with van der Waals surface area (Å²) in [6.07, 6.45) is 6.18. The van der Waals surface area contributed by atoms with Crippen LogP contribution in [0.25, 0.3) is 0 Å². The van der Waals surface area contributed by atoms with Crippen LogP contribution in [0, 0.1) is 17.8 Å². The molecule has 3 atom stereocenters. The van der Waals surface area contributed by atoms with Crippen LogP contribution in [0.2, 0.25) is 0 Å². The zero-order valence-corrected chi connectivity index (χ0v) is 8.98. The summed E-state index contributed by atoms with van der Waals surface area (Å²) < 4.78 is 0. The van der Waals surface area contributed by atoms with Gasteiger partial charge < -0.3 is 5.32 Å². The lowest BCUT2D eigenvalue weighted by atomic mass is 9.89. The van der Waals surface area contributed by atoms with Gasteiger partial charge in [-0.2, -0.15) is 11.8 Å². The summed E-state index contributed by atoms with van der Waals surface area (Å²) in [6.45, 7) is 1.33. The molecule has 0 aromatic rings. The number of thioether (sulfide) groups is 1. The first-order valence-corrected chi connectivity index (χ1v) is 6.88. The molecule has 0 radical (unpaired) electrons. The Morgan fingerprint density at radius 3 is 2.62 bits per heavy atom. The summed E-state index contributed by atoms with van der Waals surface area (Å²) >= 11 is 2.08. The molecule has 0 spiro atoms. The molecule has 2 saturated carbocycles. The first kappa shape index (κ1) is 8.60. The molecular formula is C11H19NS. The average molecular weight is 197 g/mol. The molecule has 13 heavy (non-hydrogen) atoms. The van der Waals surface area contributed by atoms with E-state index in [1.54, 1.807) is 12.8 Å². The Labute approximate surface area is 85.0 Å². The Hall–Kier alpha value is 0.310. The van der Waals surface area contributed by atoms with Gasteiger partial charge in [-0.1, -0.05) is 6.42 Å². The molecule has 1 aliphatic heterocycles. The predicted octanol–water partition coefficient (Wildman–Crippen LogP) is 2.13. The minimum Gasteiger partial charge on any atom is -0.312 e. The van der Waals surface area contributed by atoms with Crippen molar-refractivity contribution in [3.05, 3.63) is 0 Å². The molecule has 1 nitrogen and oxygen atoms in total. The molecule has 0 aromatic heterocycles. The van der Waals surface area contributed by atoms with E-state index in [4.69, 9.17) is 0 Å². The third-order valence-corrected chi connectivity index (χ3v) is 5.47. The van der Waals surface area contributed by atoms with Gasteiger partial charge in [0.15, 0.2) is 0 Å². The Morgan fingerprint density at radius 2 is 2.08 bits per heavy atom. The van der Waals surface area contributed by atoms with Crippen molar-refractivity contribution in [2.75, 3.05) is 18.1 Å². The monoisotopic (exact) mass is 197 g/mol. The number of hydrogen-bond donors (Lipinski definition) is 1. The van der Waals surface area contributed by atoms with Crippen LogP contribution in [0.4, 0.5) is 0 Å². The zero-order chi connectivity index (χ0) is 8.67. The van der Waals surface area contributed by atoms with Gasteiger partial charge in [0.25, 0.3) is 0 Å². The van der Waals surface area contributed by atoms with E-state index in [0.29, 0.717) is 0 Å². The molecule has 2 heteroatoms. The highest BCUT2D eigenvalue weighted by atomic mass is 32.2. The molecule has 0 amide bonds. The maximum absolute atomic E-state index is 3.73. The Kier molecular flexibility index (Phi) is 2.30. The van der Waals surface area contributed by atoms with Crippen LogP contribution in [0.15, 0.2) is 0 Å². The molecule has 3 fully saturated rings. The Bertz CT molecular complexity index is 191. The van der Waals surface area contributed by atoms with E-state index in [1.165, 1.54) is 30.9 Å². The minimum absolute atomic E-state index is 0.865. The molecule has 2 bridgehead atoms. The van der Waals surface area contributed by atoms with Crippen molar-refractivity contribution in [3.8, 4) is 0 Å². The third kappa shape index (κ3) is 1.63. The van der Waals surface area contributed by atoms with E-state index in [0.717, 1.165) is 23.8 Å². The lowest BCUT2D eigenvalue weighted by molar-refractivity contribution is 0.311. The minimum atomic E-state index is 0.865. The van der Waals surface area contributed by atoms with Crippen LogP contribution in [0.3, 0.4) is 0 Å². The lowest BCUT2D eigenvalue weighted by Gasteiger charge is -2.29. The van der Waals surface area contributed by atoms with Gasteiger partial charge in [-0.05, 0) is 43.6 Å². The fourth-order valence-corrected chi connectivity index (χ4v) is 4.01. The van der Waals surface area contributed by atoms with E-state index >= 15 is 0 Å². The highest BCUT2D eigenvalue weighted by molar-refractivity contribution is 8.00. The predicted molar refractivity (Wildman–Crippen MR) is 58.1 cm³/mol. The van der Waals surface area contributed by atoms with Crippen molar-refractivity contribution < 1.29 is 0 Å². The van der Waals surface area contributed by atoms with Crippen LogP contribution < -0.4 is 5.32 Å². The third-order valence-electron chi connectivity index (χ3n) is 4.19. The van der Waals surface area contributed by atoms with Crippen LogP contribution in [0.1, 0.15) is 25.7 Å². The second-order valence-corrected chi connectivity index (χ2v) is 6.15. The Morgan fingerprint density at radius 1 is 1.15 bits per heavy atom. The second-order valence-electron chi connectivity index (χ2n) is 5.08. The smallest absolute Gasteiger partial charge is 0.0248 e. The maximum Gasteiger partial charge on any atom is 0.0248 e. The number of nitrogens with one attached hydrogen (secondary N) is 1. The van der Waals surface area contributed by atoms with Gasteiger partial charge in [-0.3, -0.25) is 0 Å². The van der Waals surface area contributed by atoms with E-state index in [-0.39, 0.29) is 0 Å². The molecule has 3 rings (SSSR count). The number of rotatable bonds is 3. The summed E-state index contributed by atoms with van der Waals surface area (Å²) in [5, 5.41) is 3.73. The molecule has 1 N–H and O–H groups in total. The van der Waals surface area contributed by atoms with Gasteiger partial charge in [-0.25, -0.2) is 0 Å². The van der Waals surface area contributed by atoms with E-state index < -0.39 is 0 Å². The molecule has 74 valence electrons. The van der Waals surface area contributed by atoms with Gasteiger partial charge in [-0.15, -0.1) is 0 Å². The summed E-state index contributed by atoms with van der Waals surface area (Å²) in [7, 11) is 0. The van der Waals surface area contributed by atoms with Crippen molar-refractivity contribution in [3.63, 3.8) is 0 Å². The molecule has 1 saturated heterocycles. The largest absolute Gasteiger partial charge is 0.312 e. The Balaban J connectivity index is 1.45. The van der Waals surface area contributed by atoms with Gasteiger partial charge >= 0.3 is 0 Å². The van der Waals surface area contributed by atoms with E-state index in [9.17, 15) is 0 Å². The van der Waals surface area contributed by atoms with Crippen LogP contribution in [-0.2, 0) is 0 Å². The summed E-state index contributed by atoms with van der Waals surface area (Å²) in [6, 6.07) is 0.865. The highest BCUT2D eigenvalue weighted by Crippen LogP contribution is 2.48. The van der Waals surface area contributed by atoms with Crippen LogP contribution >= 0.6 is 11.8 Å². The van der Waals surface area contributed by atoms with Gasteiger partial charge in [0, 0.05) is 17.5 Å². The average Bonchev–Trinajstić information content (AvgIpc) is 2.61. The molecular weight excluding hydrogens is 178 g/mol. The standard InChI is InChI=1S/C11H19NS/c1-2-9-3-8(1)4-10(9)5-12-11-6-13-7-11/h8-12H,1-7H2. The number of fused-ring (bicyclic) bond motifs is 2. The molecule has 3 aliphatic rings. The molecule has 2 aliphatic carbocycles. The lowest BCUT2D eigenvalue weighted by Crippen LogP contribution is -2.43.